The molecule has 0 bridgehead atoms. The number of nitrogens with zero attached hydrogens (tertiary/aromatic N) is 2. The van der Waals surface area contributed by atoms with E-state index in [9.17, 15) is 4.79 Å². The number of carbonyl (C=O) groups is 1. The van der Waals surface area contributed by atoms with E-state index < -0.39 is 5.60 Å². The lowest BCUT2D eigenvalue weighted by Crippen LogP contribution is -2.45. The van der Waals surface area contributed by atoms with Crippen molar-refractivity contribution in [3.8, 4) is 0 Å². The molecule has 2 aliphatic rings. The Morgan fingerprint density at radius 3 is 2.37 bits per heavy atom. The SMILES string of the molecule is CCC=NC(=NC1C=C(OC)N1)NC1CCC(NC(=O)OC(C)(C)C)CC1. The molecule has 1 unspecified atom stereocenters. The molecule has 1 amide bonds. The molecule has 0 aromatic carbocycles. The highest BCUT2D eigenvalue weighted by Crippen LogP contribution is 2.20. The number of methoxy groups -OCH3 is 1. The largest absolute Gasteiger partial charge is 0.483 e. The average Bonchev–Trinajstić information content (AvgIpc) is 2.55. The quantitative estimate of drug-likeness (QED) is 0.504. The number of guanidine groups is 1. The first-order valence-electron chi connectivity index (χ1n) is 9.67. The van der Waals surface area contributed by atoms with Crippen LogP contribution in [-0.2, 0) is 9.47 Å². The highest BCUT2D eigenvalue weighted by atomic mass is 16.6. The molecule has 1 aliphatic heterocycles. The van der Waals surface area contributed by atoms with Gasteiger partial charge in [-0.2, -0.15) is 0 Å². The molecule has 1 heterocycles. The van der Waals surface area contributed by atoms with Crippen molar-refractivity contribution in [1.29, 1.82) is 0 Å². The van der Waals surface area contributed by atoms with Gasteiger partial charge in [0.25, 0.3) is 0 Å². The minimum atomic E-state index is -0.474. The van der Waals surface area contributed by atoms with Gasteiger partial charge in [-0.1, -0.05) is 6.92 Å². The fourth-order valence-electron chi connectivity index (χ4n) is 2.94. The first kappa shape index (κ1) is 21.1. The molecule has 1 fully saturated rings. The number of ether oxygens (including phenoxy) is 2. The van der Waals surface area contributed by atoms with E-state index in [2.05, 4.69) is 25.9 Å². The van der Waals surface area contributed by atoms with Crippen molar-refractivity contribution in [3.05, 3.63) is 12.0 Å². The molecular weight excluding hydrogens is 346 g/mol. The maximum Gasteiger partial charge on any atom is 0.407 e. The summed E-state index contributed by atoms with van der Waals surface area (Å²) in [5, 5.41) is 9.49. The van der Waals surface area contributed by atoms with Gasteiger partial charge in [0.15, 0.2) is 5.88 Å². The first-order valence-corrected chi connectivity index (χ1v) is 9.67. The van der Waals surface area contributed by atoms with E-state index in [-0.39, 0.29) is 18.3 Å². The third-order valence-electron chi connectivity index (χ3n) is 4.26. The Morgan fingerprint density at radius 1 is 1.26 bits per heavy atom. The van der Waals surface area contributed by atoms with Crippen LogP contribution in [0.4, 0.5) is 4.79 Å². The van der Waals surface area contributed by atoms with Gasteiger partial charge in [0.05, 0.1) is 7.11 Å². The maximum atomic E-state index is 11.9. The number of nitrogens with one attached hydrogen (secondary N) is 3. The summed E-state index contributed by atoms with van der Waals surface area (Å²) in [5.74, 6) is 1.36. The zero-order valence-corrected chi connectivity index (χ0v) is 17.0. The van der Waals surface area contributed by atoms with Gasteiger partial charge in [-0.3, -0.25) is 0 Å². The Kier molecular flexibility index (Phi) is 7.50. The third-order valence-corrected chi connectivity index (χ3v) is 4.26. The Morgan fingerprint density at radius 2 is 1.85 bits per heavy atom. The highest BCUT2D eigenvalue weighted by molar-refractivity contribution is 5.88. The number of aliphatic imine (C=N–C) groups is 2. The Labute approximate surface area is 161 Å². The summed E-state index contributed by atoms with van der Waals surface area (Å²) < 4.78 is 10.4. The first-order chi connectivity index (χ1) is 12.8. The van der Waals surface area contributed by atoms with Crippen LogP contribution in [0.15, 0.2) is 21.9 Å². The molecule has 0 aromatic heterocycles. The molecule has 1 saturated carbocycles. The standard InChI is InChI=1S/C19H33N5O3/c1-6-11-20-17(24-15-12-16(23-15)26-5)21-13-7-9-14(10-8-13)22-18(25)27-19(2,3)4/h11-15,23H,6-10H2,1-5H3,(H,21,24)(H,22,25). The van der Waals surface area contributed by atoms with Gasteiger partial charge >= 0.3 is 6.09 Å². The zero-order valence-electron chi connectivity index (χ0n) is 17.0. The molecule has 8 heteroatoms. The maximum absolute atomic E-state index is 11.9. The molecule has 0 radical (unpaired) electrons. The van der Waals surface area contributed by atoms with Crippen LogP contribution >= 0.6 is 0 Å². The fraction of sp³-hybridized carbons (Fsp3) is 0.737. The van der Waals surface area contributed by atoms with Crippen molar-refractivity contribution in [3.63, 3.8) is 0 Å². The zero-order chi connectivity index (χ0) is 19.9. The molecule has 2 rings (SSSR count). The van der Waals surface area contributed by atoms with Crippen LogP contribution in [0.5, 0.6) is 0 Å². The van der Waals surface area contributed by atoms with Gasteiger partial charge in [-0.25, -0.2) is 14.8 Å². The smallest absolute Gasteiger partial charge is 0.407 e. The number of amides is 1. The average molecular weight is 380 g/mol. The van der Waals surface area contributed by atoms with E-state index >= 15 is 0 Å². The summed E-state index contributed by atoms with van der Waals surface area (Å²) in [6.07, 6.45) is 7.84. The van der Waals surface area contributed by atoms with E-state index in [0.29, 0.717) is 12.0 Å². The van der Waals surface area contributed by atoms with Crippen LogP contribution in [0.1, 0.15) is 59.8 Å². The Balaban J connectivity index is 1.81. The van der Waals surface area contributed by atoms with Crippen molar-refractivity contribution in [1.82, 2.24) is 16.0 Å². The molecule has 27 heavy (non-hydrogen) atoms. The summed E-state index contributed by atoms with van der Waals surface area (Å²) in [5.41, 5.74) is -0.474. The second-order valence-corrected chi connectivity index (χ2v) is 7.84. The van der Waals surface area contributed by atoms with Crippen LogP contribution < -0.4 is 16.0 Å². The van der Waals surface area contributed by atoms with E-state index in [0.717, 1.165) is 38.0 Å². The lowest BCUT2D eigenvalue weighted by molar-refractivity contribution is 0.0490. The number of carbonyl (C=O) groups excluding carboxylic acids is 1. The van der Waals surface area contributed by atoms with E-state index in [1.165, 1.54) is 0 Å². The number of alkyl carbamates (subject to hydrolysis) is 1. The second kappa shape index (κ2) is 9.62. The summed E-state index contributed by atoms with van der Waals surface area (Å²) >= 11 is 0. The van der Waals surface area contributed by atoms with Gasteiger partial charge < -0.3 is 25.4 Å². The lowest BCUT2D eigenvalue weighted by Gasteiger charge is -2.31. The molecule has 0 aromatic rings. The highest BCUT2D eigenvalue weighted by Gasteiger charge is 2.26. The molecule has 152 valence electrons. The van der Waals surface area contributed by atoms with E-state index in [4.69, 9.17) is 9.47 Å². The molecular formula is C19H33N5O3. The van der Waals surface area contributed by atoms with Crippen molar-refractivity contribution < 1.29 is 14.3 Å². The number of hydrogen-bond acceptors (Lipinski definition) is 5. The van der Waals surface area contributed by atoms with Crippen molar-refractivity contribution in [2.24, 2.45) is 9.98 Å². The molecule has 1 atom stereocenters. The Bertz CT molecular complexity index is 587. The Hall–Kier alpha value is -2.25. The summed E-state index contributed by atoms with van der Waals surface area (Å²) in [6.45, 7) is 7.64. The van der Waals surface area contributed by atoms with E-state index in [1.807, 2.05) is 40.0 Å². The predicted octanol–water partition coefficient (Wildman–Crippen LogP) is 2.67. The van der Waals surface area contributed by atoms with E-state index in [1.54, 1.807) is 7.11 Å². The molecule has 1 aliphatic carbocycles. The molecule has 0 saturated heterocycles. The van der Waals surface area contributed by atoms with Crippen molar-refractivity contribution >= 4 is 18.3 Å². The van der Waals surface area contributed by atoms with Crippen LogP contribution in [-0.4, -0.2) is 49.2 Å². The molecule has 0 spiro atoms. The summed E-state index contributed by atoms with van der Waals surface area (Å²) in [7, 11) is 1.62. The van der Waals surface area contributed by atoms with Gasteiger partial charge in [-0.05, 0) is 52.9 Å². The van der Waals surface area contributed by atoms with Gasteiger partial charge in [0, 0.05) is 24.4 Å². The van der Waals surface area contributed by atoms with Crippen LogP contribution in [0.25, 0.3) is 0 Å². The fourth-order valence-corrected chi connectivity index (χ4v) is 2.94. The molecule has 3 N–H and O–H groups in total. The monoisotopic (exact) mass is 379 g/mol. The topological polar surface area (TPSA) is 96.3 Å². The minimum Gasteiger partial charge on any atom is -0.483 e. The number of hydrogen-bond donors (Lipinski definition) is 3. The van der Waals surface area contributed by atoms with Crippen LogP contribution in [0.3, 0.4) is 0 Å². The van der Waals surface area contributed by atoms with Gasteiger partial charge in [-0.15, -0.1) is 0 Å². The lowest BCUT2D eigenvalue weighted by atomic mass is 9.91. The third kappa shape index (κ3) is 7.48. The summed E-state index contributed by atoms with van der Waals surface area (Å²) in [4.78, 5) is 20.9. The number of rotatable bonds is 5. The summed E-state index contributed by atoms with van der Waals surface area (Å²) in [6, 6.07) is 0.443. The van der Waals surface area contributed by atoms with Crippen molar-refractivity contribution in [2.75, 3.05) is 7.11 Å². The van der Waals surface area contributed by atoms with Gasteiger partial charge in [0.1, 0.15) is 11.8 Å². The van der Waals surface area contributed by atoms with Crippen molar-refractivity contribution in [2.45, 2.75) is 83.6 Å². The van der Waals surface area contributed by atoms with Crippen LogP contribution in [0, 0.1) is 0 Å². The predicted molar refractivity (Wildman–Crippen MR) is 107 cm³/mol. The minimum absolute atomic E-state index is 0.110. The van der Waals surface area contributed by atoms with Crippen LogP contribution in [0.2, 0.25) is 0 Å². The normalized spacial score (nSPS) is 25.9. The molecule has 8 nitrogen and oxygen atoms in total. The second-order valence-electron chi connectivity index (χ2n) is 7.84. The van der Waals surface area contributed by atoms with Gasteiger partial charge in [0.2, 0.25) is 5.96 Å².